The Morgan fingerprint density at radius 1 is 1.14 bits per heavy atom. The molecule has 0 radical (unpaired) electrons. The highest BCUT2D eigenvalue weighted by Gasteiger charge is 2.19. The second-order valence-corrected chi connectivity index (χ2v) is 5.33. The molecule has 0 spiro atoms. The van der Waals surface area contributed by atoms with Gasteiger partial charge in [-0.2, -0.15) is 0 Å². The number of nitrogens with one attached hydrogen (secondary N) is 2. The van der Waals surface area contributed by atoms with Gasteiger partial charge in [-0.25, -0.2) is 4.98 Å². The van der Waals surface area contributed by atoms with E-state index in [1.54, 1.807) is 0 Å². The quantitative estimate of drug-likeness (QED) is 0.776. The summed E-state index contributed by atoms with van der Waals surface area (Å²) in [5, 5.41) is 4.45. The Hall–Kier alpha value is -2.69. The number of hydrogen-bond acceptors (Lipinski definition) is 4. The molecule has 0 bridgehead atoms. The lowest BCUT2D eigenvalue weighted by molar-refractivity contribution is 0.0873. The smallest absolute Gasteiger partial charge is 0.161 e. The summed E-state index contributed by atoms with van der Waals surface area (Å²) in [6, 6.07) is 13.8. The van der Waals surface area contributed by atoms with Crippen LogP contribution in [0.1, 0.15) is 6.42 Å². The van der Waals surface area contributed by atoms with Crippen molar-refractivity contribution < 1.29 is 9.47 Å². The Balaban J connectivity index is 1.34. The summed E-state index contributed by atoms with van der Waals surface area (Å²) in [6.45, 7) is 1.37. The second-order valence-electron chi connectivity index (χ2n) is 5.33. The van der Waals surface area contributed by atoms with Crippen LogP contribution in [0.3, 0.4) is 0 Å². The number of nitrogens with zero attached hydrogens (tertiary/aromatic N) is 1. The van der Waals surface area contributed by atoms with Gasteiger partial charge in [-0.3, -0.25) is 0 Å². The third kappa shape index (κ3) is 2.57. The van der Waals surface area contributed by atoms with Gasteiger partial charge in [0.05, 0.1) is 0 Å². The summed E-state index contributed by atoms with van der Waals surface area (Å²) < 4.78 is 11.6. The minimum atomic E-state index is 0.0663. The fraction of sp³-hybridized carbons (Fsp3) is 0.235. The zero-order chi connectivity index (χ0) is 14.8. The maximum absolute atomic E-state index is 5.94. The van der Waals surface area contributed by atoms with E-state index in [0.717, 1.165) is 41.3 Å². The number of ether oxygens (including phenoxy) is 2. The molecular weight excluding hydrogens is 278 g/mol. The molecule has 3 aromatic rings. The van der Waals surface area contributed by atoms with Gasteiger partial charge in [-0.1, -0.05) is 12.1 Å². The molecule has 5 nitrogen and oxygen atoms in total. The highest BCUT2D eigenvalue weighted by Crippen LogP contribution is 2.31. The number of aromatic amines is 1. The van der Waals surface area contributed by atoms with E-state index >= 15 is 0 Å². The van der Waals surface area contributed by atoms with Crippen LogP contribution < -0.4 is 14.8 Å². The van der Waals surface area contributed by atoms with E-state index in [4.69, 9.17) is 9.47 Å². The lowest BCUT2D eigenvalue weighted by Crippen LogP contribution is -2.31. The van der Waals surface area contributed by atoms with Crippen LogP contribution in [0.2, 0.25) is 0 Å². The molecule has 2 aromatic heterocycles. The molecule has 0 amide bonds. The van der Waals surface area contributed by atoms with Crippen LogP contribution in [0.5, 0.6) is 11.5 Å². The van der Waals surface area contributed by atoms with Crippen LogP contribution in [-0.4, -0.2) is 29.2 Å². The van der Waals surface area contributed by atoms with Gasteiger partial charge in [0, 0.05) is 24.5 Å². The van der Waals surface area contributed by atoms with Crippen molar-refractivity contribution in [2.75, 3.05) is 18.5 Å². The van der Waals surface area contributed by atoms with Crippen molar-refractivity contribution in [2.24, 2.45) is 0 Å². The molecule has 1 aliphatic rings. The second kappa shape index (κ2) is 5.60. The Morgan fingerprint density at radius 2 is 2.05 bits per heavy atom. The zero-order valence-corrected chi connectivity index (χ0v) is 12.1. The number of hydrogen-bond donors (Lipinski definition) is 2. The number of anilines is 1. The standard InChI is InChI=1S/C17H17N3O2/c1-2-4-15-14(3-1)21-11-13(22-15)8-10-18-16-6-5-12-7-9-19-17(12)20-16/h1-7,9,13H,8,10-11H2,(H2,18,19,20)/t13-/m1/s1. The normalized spacial score (nSPS) is 16.6. The monoisotopic (exact) mass is 295 g/mol. The Kier molecular flexibility index (Phi) is 3.31. The first kappa shape index (κ1) is 13.0. The third-order valence-electron chi connectivity index (χ3n) is 3.75. The molecule has 4 rings (SSSR count). The Labute approximate surface area is 128 Å². The minimum absolute atomic E-state index is 0.0663. The van der Waals surface area contributed by atoms with Gasteiger partial charge in [0.2, 0.25) is 0 Å². The molecule has 0 saturated heterocycles. The highest BCUT2D eigenvalue weighted by molar-refractivity contribution is 5.77. The predicted octanol–water partition coefficient (Wildman–Crippen LogP) is 3.20. The summed E-state index contributed by atoms with van der Waals surface area (Å²) in [5.74, 6) is 2.52. The zero-order valence-electron chi connectivity index (χ0n) is 12.1. The molecule has 0 unspecified atom stereocenters. The summed E-state index contributed by atoms with van der Waals surface area (Å²) >= 11 is 0. The fourth-order valence-electron chi connectivity index (χ4n) is 2.60. The van der Waals surface area contributed by atoms with Crippen molar-refractivity contribution in [2.45, 2.75) is 12.5 Å². The van der Waals surface area contributed by atoms with Gasteiger partial charge in [0.15, 0.2) is 11.5 Å². The summed E-state index contributed by atoms with van der Waals surface area (Å²) in [5.41, 5.74) is 0.899. The van der Waals surface area contributed by atoms with Crippen LogP contribution in [0.15, 0.2) is 48.7 Å². The van der Waals surface area contributed by atoms with Crippen molar-refractivity contribution >= 4 is 16.9 Å². The molecule has 112 valence electrons. The lowest BCUT2D eigenvalue weighted by atomic mass is 10.2. The third-order valence-corrected chi connectivity index (χ3v) is 3.75. The first-order valence-electron chi connectivity index (χ1n) is 7.45. The number of rotatable bonds is 4. The van der Waals surface area contributed by atoms with Crippen molar-refractivity contribution in [1.82, 2.24) is 9.97 Å². The van der Waals surface area contributed by atoms with Crippen LogP contribution >= 0.6 is 0 Å². The maximum atomic E-state index is 5.94. The largest absolute Gasteiger partial charge is 0.486 e. The first-order valence-corrected chi connectivity index (χ1v) is 7.45. The lowest BCUT2D eigenvalue weighted by Gasteiger charge is -2.26. The summed E-state index contributed by atoms with van der Waals surface area (Å²) in [4.78, 5) is 7.63. The molecular formula is C17H17N3O2. The minimum Gasteiger partial charge on any atom is -0.486 e. The van der Waals surface area contributed by atoms with Crippen LogP contribution in [0, 0.1) is 0 Å². The Morgan fingerprint density at radius 3 is 3.00 bits per heavy atom. The van der Waals surface area contributed by atoms with E-state index in [2.05, 4.69) is 21.4 Å². The summed E-state index contributed by atoms with van der Waals surface area (Å²) in [7, 11) is 0. The topological polar surface area (TPSA) is 59.2 Å². The molecule has 0 fully saturated rings. The molecule has 1 atom stereocenters. The summed E-state index contributed by atoms with van der Waals surface area (Å²) in [6.07, 6.45) is 2.82. The number of pyridine rings is 1. The molecule has 0 aliphatic carbocycles. The number of H-pyrrole nitrogens is 1. The molecule has 1 aliphatic heterocycles. The SMILES string of the molecule is c1ccc2c(c1)OC[C@@H](CCNc1ccc3cc[nH]c3n1)O2. The maximum Gasteiger partial charge on any atom is 0.161 e. The Bertz CT molecular complexity index is 784. The van der Waals surface area contributed by atoms with E-state index in [-0.39, 0.29) is 6.10 Å². The van der Waals surface area contributed by atoms with Crippen molar-refractivity contribution in [1.29, 1.82) is 0 Å². The van der Waals surface area contributed by atoms with Crippen LogP contribution in [0.25, 0.3) is 11.0 Å². The van der Waals surface area contributed by atoms with E-state index in [9.17, 15) is 0 Å². The van der Waals surface area contributed by atoms with Crippen molar-refractivity contribution in [3.8, 4) is 11.5 Å². The van der Waals surface area contributed by atoms with Gasteiger partial charge in [-0.15, -0.1) is 0 Å². The van der Waals surface area contributed by atoms with E-state index in [1.165, 1.54) is 0 Å². The molecule has 3 heterocycles. The van der Waals surface area contributed by atoms with Crippen LogP contribution in [0.4, 0.5) is 5.82 Å². The molecule has 5 heteroatoms. The van der Waals surface area contributed by atoms with Crippen molar-refractivity contribution in [3.63, 3.8) is 0 Å². The van der Waals surface area contributed by atoms with Gasteiger partial charge in [0.1, 0.15) is 24.2 Å². The molecule has 2 N–H and O–H groups in total. The molecule has 1 aromatic carbocycles. The average molecular weight is 295 g/mol. The number of fused-ring (bicyclic) bond motifs is 2. The van der Waals surface area contributed by atoms with E-state index in [0.29, 0.717) is 6.61 Å². The molecule has 0 saturated carbocycles. The predicted molar refractivity (Wildman–Crippen MR) is 85.6 cm³/mol. The number of benzene rings is 1. The van der Waals surface area contributed by atoms with E-state index in [1.807, 2.05) is 42.6 Å². The van der Waals surface area contributed by atoms with Gasteiger partial charge < -0.3 is 19.8 Å². The first-order chi connectivity index (χ1) is 10.9. The fourth-order valence-corrected chi connectivity index (χ4v) is 2.60. The number of aromatic nitrogens is 2. The molecule has 22 heavy (non-hydrogen) atoms. The van der Waals surface area contributed by atoms with Gasteiger partial charge in [-0.05, 0) is 30.3 Å². The van der Waals surface area contributed by atoms with Crippen LogP contribution in [-0.2, 0) is 0 Å². The van der Waals surface area contributed by atoms with Crippen molar-refractivity contribution in [3.05, 3.63) is 48.7 Å². The van der Waals surface area contributed by atoms with Gasteiger partial charge >= 0.3 is 0 Å². The average Bonchev–Trinajstić information content (AvgIpc) is 3.02. The number of para-hydroxylation sites is 2. The van der Waals surface area contributed by atoms with Gasteiger partial charge in [0.25, 0.3) is 0 Å². The van der Waals surface area contributed by atoms with E-state index < -0.39 is 0 Å². The highest BCUT2D eigenvalue weighted by atomic mass is 16.6.